The molecule has 6 nitrogen and oxygen atoms in total. The Morgan fingerprint density at radius 3 is 2.75 bits per heavy atom. The molecule has 0 aliphatic carbocycles. The Balaban J connectivity index is 1.37. The summed E-state index contributed by atoms with van der Waals surface area (Å²) in [5.41, 5.74) is 1.00. The molecule has 0 aromatic heterocycles. The van der Waals surface area contributed by atoms with Crippen molar-refractivity contribution in [2.24, 2.45) is 5.16 Å². The molecule has 2 aliphatic heterocycles. The van der Waals surface area contributed by atoms with Crippen molar-refractivity contribution in [1.82, 2.24) is 0 Å². The van der Waals surface area contributed by atoms with Crippen molar-refractivity contribution in [1.29, 1.82) is 0 Å². The van der Waals surface area contributed by atoms with Gasteiger partial charge in [0, 0.05) is 29.1 Å². The zero-order chi connectivity index (χ0) is 19.6. The van der Waals surface area contributed by atoms with Crippen LogP contribution in [0.3, 0.4) is 0 Å². The first-order chi connectivity index (χ1) is 13.5. The smallest absolute Gasteiger partial charge is 0.271 e. The van der Waals surface area contributed by atoms with E-state index >= 15 is 0 Å². The number of rotatable bonds is 5. The topological polar surface area (TPSA) is 69.2 Å². The summed E-state index contributed by atoms with van der Waals surface area (Å²) in [7, 11) is 0. The molecule has 1 fully saturated rings. The number of halogens is 1. The third-order valence-corrected chi connectivity index (χ3v) is 5.16. The van der Waals surface area contributed by atoms with E-state index in [2.05, 4.69) is 10.5 Å². The van der Waals surface area contributed by atoms with Crippen molar-refractivity contribution in [2.45, 2.75) is 31.5 Å². The first-order valence-electron chi connectivity index (χ1n) is 9.19. The molecule has 1 saturated heterocycles. The average Bonchev–Trinajstić information content (AvgIpc) is 3.34. The Hall–Kier alpha value is -2.57. The number of hydrogen-bond donors (Lipinski definition) is 1. The van der Waals surface area contributed by atoms with Gasteiger partial charge in [-0.05, 0) is 37.3 Å². The molecule has 1 amide bonds. The van der Waals surface area contributed by atoms with Gasteiger partial charge < -0.3 is 19.6 Å². The normalized spacial score (nSPS) is 23.8. The first kappa shape index (κ1) is 18.8. The molecule has 2 aromatic rings. The molecule has 1 N–H and O–H groups in total. The lowest BCUT2D eigenvalue weighted by molar-refractivity contribution is -0.135. The van der Waals surface area contributed by atoms with E-state index in [1.54, 1.807) is 25.1 Å². The van der Waals surface area contributed by atoms with Crippen LogP contribution in [0.15, 0.2) is 53.7 Å². The minimum atomic E-state index is -1.09. The molecule has 146 valence electrons. The maximum absolute atomic E-state index is 12.8. The Morgan fingerprint density at radius 2 is 2.04 bits per heavy atom. The van der Waals surface area contributed by atoms with Crippen molar-refractivity contribution in [3.05, 3.63) is 59.1 Å². The molecule has 28 heavy (non-hydrogen) atoms. The monoisotopic (exact) mass is 400 g/mol. The Labute approximate surface area is 168 Å². The third kappa shape index (κ3) is 3.98. The zero-order valence-corrected chi connectivity index (χ0v) is 16.2. The van der Waals surface area contributed by atoms with Gasteiger partial charge in [0.1, 0.15) is 11.9 Å². The van der Waals surface area contributed by atoms with Crippen LogP contribution in [-0.4, -0.2) is 36.5 Å². The molecule has 0 radical (unpaired) electrons. The van der Waals surface area contributed by atoms with Gasteiger partial charge in [0.15, 0.2) is 0 Å². The summed E-state index contributed by atoms with van der Waals surface area (Å²) in [4.78, 5) is 18.3. The first-order valence-corrected chi connectivity index (χ1v) is 9.57. The molecule has 2 aromatic carbocycles. The number of carbonyl (C=O) groups excluding carboxylic acids is 1. The van der Waals surface area contributed by atoms with Crippen LogP contribution in [0.4, 0.5) is 5.69 Å². The molecule has 2 atom stereocenters. The number of carbonyl (C=O) groups is 1. The number of nitrogens with one attached hydrogen (secondary N) is 1. The summed E-state index contributed by atoms with van der Waals surface area (Å²) < 4.78 is 11.1. The molecule has 7 heteroatoms. The van der Waals surface area contributed by atoms with E-state index in [9.17, 15) is 4.79 Å². The summed E-state index contributed by atoms with van der Waals surface area (Å²) in [5.74, 6) is 0.484. The van der Waals surface area contributed by atoms with Crippen LogP contribution < -0.4 is 10.1 Å². The van der Waals surface area contributed by atoms with Gasteiger partial charge in [0.2, 0.25) is 5.60 Å². The predicted molar refractivity (Wildman–Crippen MR) is 107 cm³/mol. The predicted octanol–water partition coefficient (Wildman–Crippen LogP) is 4.03. The number of oxime groups is 1. The summed E-state index contributed by atoms with van der Waals surface area (Å²) in [6.07, 6.45) is 1.32. The highest BCUT2D eigenvalue weighted by Crippen LogP contribution is 2.30. The van der Waals surface area contributed by atoms with Crippen molar-refractivity contribution < 1.29 is 19.1 Å². The molecule has 2 aliphatic rings. The van der Waals surface area contributed by atoms with Gasteiger partial charge in [0.05, 0.1) is 18.9 Å². The van der Waals surface area contributed by atoms with E-state index in [4.69, 9.17) is 25.9 Å². The number of ether oxygens (including phenoxy) is 2. The van der Waals surface area contributed by atoms with E-state index in [1.165, 1.54) is 0 Å². The molecular formula is C21H21ClN2O4. The SMILES string of the molecule is C[C@@]1(C(=O)Nc2ccc(O[C@@H]3CCOC3)cc2)CC(c2ccccc2Cl)=NO1. The van der Waals surface area contributed by atoms with E-state index in [0.717, 1.165) is 24.3 Å². The van der Waals surface area contributed by atoms with Crippen LogP contribution in [0.5, 0.6) is 5.75 Å². The molecule has 0 unspecified atom stereocenters. The van der Waals surface area contributed by atoms with Crippen molar-refractivity contribution in [3.63, 3.8) is 0 Å². The van der Waals surface area contributed by atoms with E-state index in [0.29, 0.717) is 29.4 Å². The second-order valence-electron chi connectivity index (χ2n) is 7.10. The van der Waals surface area contributed by atoms with Gasteiger partial charge in [-0.15, -0.1) is 0 Å². The number of nitrogens with zero attached hydrogens (tertiary/aromatic N) is 1. The molecule has 0 saturated carbocycles. The molecule has 0 bridgehead atoms. The lowest BCUT2D eigenvalue weighted by atomic mass is 9.95. The lowest BCUT2D eigenvalue weighted by Gasteiger charge is -2.20. The Bertz CT molecular complexity index is 894. The minimum absolute atomic E-state index is 0.0895. The summed E-state index contributed by atoms with van der Waals surface area (Å²) in [5, 5.41) is 7.56. The van der Waals surface area contributed by atoms with Crippen molar-refractivity contribution in [3.8, 4) is 5.75 Å². The number of anilines is 1. The van der Waals surface area contributed by atoms with Crippen LogP contribution in [0.2, 0.25) is 5.02 Å². The van der Waals surface area contributed by atoms with Gasteiger partial charge in [-0.1, -0.05) is 35.0 Å². The number of benzene rings is 2. The highest BCUT2D eigenvalue weighted by molar-refractivity contribution is 6.34. The highest BCUT2D eigenvalue weighted by atomic mass is 35.5. The Morgan fingerprint density at radius 1 is 1.25 bits per heavy atom. The maximum Gasteiger partial charge on any atom is 0.271 e. The fourth-order valence-corrected chi connectivity index (χ4v) is 3.42. The maximum atomic E-state index is 12.8. The van der Waals surface area contributed by atoms with Crippen LogP contribution >= 0.6 is 11.6 Å². The second kappa shape index (κ2) is 7.81. The summed E-state index contributed by atoms with van der Waals surface area (Å²) in [6.45, 7) is 3.06. The van der Waals surface area contributed by atoms with Gasteiger partial charge in [-0.3, -0.25) is 4.79 Å². The average molecular weight is 401 g/mol. The quantitative estimate of drug-likeness (QED) is 0.822. The Kier molecular flexibility index (Phi) is 5.24. The van der Waals surface area contributed by atoms with Crippen molar-refractivity contribution in [2.75, 3.05) is 18.5 Å². The molecule has 4 rings (SSSR count). The number of amides is 1. The van der Waals surface area contributed by atoms with Crippen LogP contribution in [0.25, 0.3) is 0 Å². The molecule has 2 heterocycles. The van der Waals surface area contributed by atoms with Crippen molar-refractivity contribution >= 4 is 28.9 Å². The minimum Gasteiger partial charge on any atom is -0.488 e. The number of hydrogen-bond acceptors (Lipinski definition) is 5. The summed E-state index contributed by atoms with van der Waals surface area (Å²) in [6, 6.07) is 14.6. The molecule has 0 spiro atoms. The largest absolute Gasteiger partial charge is 0.488 e. The fraction of sp³-hybridized carbons (Fsp3) is 0.333. The van der Waals surface area contributed by atoms with Crippen LogP contribution in [-0.2, 0) is 14.4 Å². The van der Waals surface area contributed by atoms with Gasteiger partial charge in [0.25, 0.3) is 5.91 Å². The lowest BCUT2D eigenvalue weighted by Crippen LogP contribution is -2.40. The van der Waals surface area contributed by atoms with Crippen LogP contribution in [0, 0.1) is 0 Å². The second-order valence-corrected chi connectivity index (χ2v) is 7.51. The highest BCUT2D eigenvalue weighted by Gasteiger charge is 2.42. The van der Waals surface area contributed by atoms with Gasteiger partial charge in [-0.2, -0.15) is 0 Å². The van der Waals surface area contributed by atoms with E-state index < -0.39 is 5.60 Å². The fourth-order valence-electron chi connectivity index (χ4n) is 3.18. The van der Waals surface area contributed by atoms with Gasteiger partial charge >= 0.3 is 0 Å². The van der Waals surface area contributed by atoms with Gasteiger partial charge in [-0.25, -0.2) is 0 Å². The van der Waals surface area contributed by atoms with Crippen LogP contribution in [0.1, 0.15) is 25.3 Å². The third-order valence-electron chi connectivity index (χ3n) is 4.83. The standard InChI is InChI=1S/C21H21ClN2O4/c1-21(12-19(24-28-21)17-4-2-3-5-18(17)22)20(25)23-14-6-8-15(9-7-14)27-16-10-11-26-13-16/h2-9,16H,10-13H2,1H3,(H,23,25)/t16-,21+/m1/s1. The summed E-state index contributed by atoms with van der Waals surface area (Å²) >= 11 is 6.23. The molecular weight excluding hydrogens is 380 g/mol. The van der Waals surface area contributed by atoms with E-state index in [1.807, 2.05) is 30.3 Å². The zero-order valence-electron chi connectivity index (χ0n) is 15.5. The van der Waals surface area contributed by atoms with E-state index in [-0.39, 0.29) is 12.0 Å².